The van der Waals surface area contributed by atoms with Crippen LogP contribution in [-0.2, 0) is 9.53 Å². The summed E-state index contributed by atoms with van der Waals surface area (Å²) in [5.41, 5.74) is 6.25. The summed E-state index contributed by atoms with van der Waals surface area (Å²) in [5.74, 6) is -0.0205. The predicted octanol–water partition coefficient (Wildman–Crippen LogP) is 1.94. The van der Waals surface area contributed by atoms with E-state index >= 15 is 0 Å². The standard InChI is InChI=1S/C10H12ClNO3.ClH/c1-14-8-5-6(3-4-7(8)11)9(12)10(13)15-2;/h3-5,9H,12H2,1-2H3;1H/t9-;/m1./s1. The largest absolute Gasteiger partial charge is 0.495 e. The first-order valence-corrected chi connectivity index (χ1v) is 4.64. The molecule has 0 radical (unpaired) electrons. The molecule has 1 rings (SSSR count). The van der Waals surface area contributed by atoms with Gasteiger partial charge in [0.1, 0.15) is 11.8 Å². The Balaban J connectivity index is 0.00000225. The van der Waals surface area contributed by atoms with Crippen molar-refractivity contribution in [3.63, 3.8) is 0 Å². The summed E-state index contributed by atoms with van der Waals surface area (Å²) in [6.45, 7) is 0. The van der Waals surface area contributed by atoms with Gasteiger partial charge in [0.25, 0.3) is 0 Å². The Morgan fingerprint density at radius 1 is 1.44 bits per heavy atom. The molecule has 4 nitrogen and oxygen atoms in total. The summed E-state index contributed by atoms with van der Waals surface area (Å²) in [5, 5.41) is 0.471. The molecule has 0 amide bonds. The molecule has 0 spiro atoms. The van der Waals surface area contributed by atoms with E-state index in [0.29, 0.717) is 16.3 Å². The summed E-state index contributed by atoms with van der Waals surface area (Å²) in [4.78, 5) is 11.2. The van der Waals surface area contributed by atoms with Crippen molar-refractivity contribution in [3.05, 3.63) is 28.8 Å². The molecule has 0 unspecified atom stereocenters. The van der Waals surface area contributed by atoms with Gasteiger partial charge in [-0.25, -0.2) is 0 Å². The lowest BCUT2D eigenvalue weighted by molar-refractivity contribution is -0.142. The molecule has 0 fully saturated rings. The van der Waals surface area contributed by atoms with Gasteiger partial charge < -0.3 is 15.2 Å². The lowest BCUT2D eigenvalue weighted by Crippen LogP contribution is -2.22. The smallest absolute Gasteiger partial charge is 0.327 e. The van der Waals surface area contributed by atoms with E-state index in [9.17, 15) is 4.79 Å². The van der Waals surface area contributed by atoms with Crippen molar-refractivity contribution in [2.75, 3.05) is 14.2 Å². The zero-order chi connectivity index (χ0) is 11.4. The Labute approximate surface area is 105 Å². The molecule has 16 heavy (non-hydrogen) atoms. The summed E-state index contributed by atoms with van der Waals surface area (Å²) >= 11 is 5.83. The van der Waals surface area contributed by atoms with Gasteiger partial charge in [-0.15, -0.1) is 12.4 Å². The Hall–Kier alpha value is -0.970. The van der Waals surface area contributed by atoms with Crippen LogP contribution in [0.25, 0.3) is 0 Å². The number of halogens is 2. The third-order valence-corrected chi connectivity index (χ3v) is 2.30. The van der Waals surface area contributed by atoms with Gasteiger partial charge in [-0.2, -0.15) is 0 Å². The Bertz CT molecular complexity index is 371. The summed E-state index contributed by atoms with van der Waals surface area (Å²) in [6.07, 6.45) is 0. The lowest BCUT2D eigenvalue weighted by Gasteiger charge is -2.11. The molecule has 2 N–H and O–H groups in total. The minimum atomic E-state index is -0.818. The van der Waals surface area contributed by atoms with E-state index in [1.54, 1.807) is 18.2 Å². The van der Waals surface area contributed by atoms with E-state index in [1.807, 2.05) is 0 Å². The van der Waals surface area contributed by atoms with Crippen LogP contribution < -0.4 is 10.5 Å². The maximum atomic E-state index is 11.2. The third kappa shape index (κ3) is 3.27. The molecule has 0 aromatic heterocycles. The number of ether oxygens (including phenoxy) is 2. The van der Waals surface area contributed by atoms with Gasteiger partial charge in [0.05, 0.1) is 19.2 Å². The van der Waals surface area contributed by atoms with E-state index in [1.165, 1.54) is 14.2 Å². The fourth-order valence-electron chi connectivity index (χ4n) is 1.13. The molecular weight excluding hydrogens is 253 g/mol. The number of nitrogens with two attached hydrogens (primary N) is 1. The molecule has 0 saturated carbocycles. The molecule has 1 aromatic rings. The topological polar surface area (TPSA) is 61.5 Å². The summed E-state index contributed by atoms with van der Waals surface area (Å²) in [6, 6.07) is 4.08. The van der Waals surface area contributed by atoms with Crippen molar-refractivity contribution in [2.24, 2.45) is 5.73 Å². The minimum absolute atomic E-state index is 0. The molecule has 0 aliphatic rings. The number of carbonyl (C=O) groups excluding carboxylic acids is 1. The van der Waals surface area contributed by atoms with Crippen LogP contribution in [0.1, 0.15) is 11.6 Å². The van der Waals surface area contributed by atoms with Gasteiger partial charge in [0, 0.05) is 0 Å². The molecule has 0 aliphatic heterocycles. The molecule has 0 aliphatic carbocycles. The first kappa shape index (κ1) is 15.0. The quantitative estimate of drug-likeness (QED) is 0.849. The zero-order valence-electron chi connectivity index (χ0n) is 8.90. The van der Waals surface area contributed by atoms with E-state index in [0.717, 1.165) is 0 Å². The highest BCUT2D eigenvalue weighted by atomic mass is 35.5. The van der Waals surface area contributed by atoms with Crippen LogP contribution in [0.4, 0.5) is 0 Å². The number of carbonyl (C=O) groups is 1. The monoisotopic (exact) mass is 265 g/mol. The van der Waals surface area contributed by atoms with Crippen LogP contribution in [0.3, 0.4) is 0 Å². The lowest BCUT2D eigenvalue weighted by atomic mass is 10.1. The maximum absolute atomic E-state index is 11.2. The van der Waals surface area contributed by atoms with Crippen LogP contribution in [0.5, 0.6) is 5.75 Å². The van der Waals surface area contributed by atoms with Crippen LogP contribution in [-0.4, -0.2) is 20.2 Å². The molecule has 6 heteroatoms. The van der Waals surface area contributed by atoms with Gasteiger partial charge >= 0.3 is 5.97 Å². The van der Waals surface area contributed by atoms with Crippen molar-refractivity contribution in [2.45, 2.75) is 6.04 Å². The Morgan fingerprint density at radius 2 is 2.06 bits per heavy atom. The van der Waals surface area contributed by atoms with Crippen LogP contribution in [0.2, 0.25) is 5.02 Å². The van der Waals surface area contributed by atoms with Crippen LogP contribution in [0, 0.1) is 0 Å². The number of hydrogen-bond acceptors (Lipinski definition) is 4. The molecule has 0 saturated heterocycles. The fraction of sp³-hybridized carbons (Fsp3) is 0.300. The van der Waals surface area contributed by atoms with Gasteiger partial charge in [-0.1, -0.05) is 17.7 Å². The molecule has 1 aromatic carbocycles. The number of esters is 1. The highest BCUT2D eigenvalue weighted by molar-refractivity contribution is 6.32. The van der Waals surface area contributed by atoms with Gasteiger partial charge in [-0.05, 0) is 17.7 Å². The molecule has 1 atom stereocenters. The SMILES string of the molecule is COC(=O)[C@H](N)c1ccc(Cl)c(OC)c1.Cl. The second kappa shape index (κ2) is 6.58. The van der Waals surface area contributed by atoms with E-state index < -0.39 is 12.0 Å². The summed E-state index contributed by atoms with van der Waals surface area (Å²) < 4.78 is 9.54. The van der Waals surface area contributed by atoms with E-state index in [2.05, 4.69) is 4.74 Å². The molecule has 0 heterocycles. The molecule has 90 valence electrons. The molecule has 0 bridgehead atoms. The van der Waals surface area contributed by atoms with Crippen molar-refractivity contribution in [1.29, 1.82) is 0 Å². The van der Waals surface area contributed by atoms with E-state index in [-0.39, 0.29) is 12.4 Å². The van der Waals surface area contributed by atoms with Crippen molar-refractivity contribution < 1.29 is 14.3 Å². The first-order valence-electron chi connectivity index (χ1n) is 4.27. The highest BCUT2D eigenvalue weighted by Gasteiger charge is 2.17. The Morgan fingerprint density at radius 3 is 2.56 bits per heavy atom. The van der Waals surface area contributed by atoms with Crippen molar-refractivity contribution >= 4 is 30.0 Å². The third-order valence-electron chi connectivity index (χ3n) is 1.99. The van der Waals surface area contributed by atoms with Crippen LogP contribution >= 0.6 is 24.0 Å². The number of rotatable bonds is 3. The van der Waals surface area contributed by atoms with Crippen molar-refractivity contribution in [3.8, 4) is 5.75 Å². The Kier molecular flexibility index (Phi) is 6.18. The second-order valence-electron chi connectivity index (χ2n) is 2.89. The first-order chi connectivity index (χ1) is 7.10. The van der Waals surface area contributed by atoms with Gasteiger partial charge in [0.2, 0.25) is 0 Å². The highest BCUT2D eigenvalue weighted by Crippen LogP contribution is 2.27. The van der Waals surface area contributed by atoms with Gasteiger partial charge in [-0.3, -0.25) is 4.79 Å². The fourth-order valence-corrected chi connectivity index (χ4v) is 1.33. The average molecular weight is 266 g/mol. The second-order valence-corrected chi connectivity index (χ2v) is 3.30. The maximum Gasteiger partial charge on any atom is 0.327 e. The van der Waals surface area contributed by atoms with E-state index in [4.69, 9.17) is 22.1 Å². The number of hydrogen-bond donors (Lipinski definition) is 1. The average Bonchev–Trinajstić information content (AvgIpc) is 2.27. The number of benzene rings is 1. The number of methoxy groups -OCH3 is 2. The summed E-state index contributed by atoms with van der Waals surface area (Å²) in [7, 11) is 2.78. The zero-order valence-corrected chi connectivity index (χ0v) is 10.5. The minimum Gasteiger partial charge on any atom is -0.495 e. The van der Waals surface area contributed by atoms with Gasteiger partial charge in [0.15, 0.2) is 0 Å². The normalized spacial score (nSPS) is 11.2. The van der Waals surface area contributed by atoms with Crippen molar-refractivity contribution in [1.82, 2.24) is 0 Å². The van der Waals surface area contributed by atoms with Crippen LogP contribution in [0.15, 0.2) is 18.2 Å². The molecular formula is C10H13Cl2NO3. The predicted molar refractivity (Wildman–Crippen MR) is 64.2 cm³/mol.